The summed E-state index contributed by atoms with van der Waals surface area (Å²) in [4.78, 5) is 26.2. The molecule has 4 nitrogen and oxygen atoms in total. The van der Waals surface area contributed by atoms with Gasteiger partial charge in [0.15, 0.2) is 0 Å². The summed E-state index contributed by atoms with van der Waals surface area (Å²) in [5.74, 6) is 0.0122. The van der Waals surface area contributed by atoms with Gasteiger partial charge in [0.1, 0.15) is 6.04 Å². The van der Waals surface area contributed by atoms with Crippen molar-refractivity contribution in [3.05, 3.63) is 0 Å². The molecule has 0 saturated carbocycles. The third-order valence-electron chi connectivity index (χ3n) is 3.46. The molecule has 0 radical (unpaired) electrons. The molecule has 0 aromatic heterocycles. The van der Waals surface area contributed by atoms with Gasteiger partial charge in [0.25, 0.3) is 0 Å². The van der Waals surface area contributed by atoms with Crippen molar-refractivity contribution in [2.24, 2.45) is 5.41 Å². The van der Waals surface area contributed by atoms with Crippen LogP contribution >= 0.6 is 11.8 Å². The van der Waals surface area contributed by atoms with Crippen LogP contribution in [0, 0.1) is 5.41 Å². The Hall–Kier alpha value is -0.710. The van der Waals surface area contributed by atoms with Crippen molar-refractivity contribution in [2.45, 2.75) is 51.8 Å². The molecule has 2 amide bonds. The molecule has 0 aromatic rings. The van der Waals surface area contributed by atoms with E-state index in [-0.39, 0.29) is 22.0 Å². The first-order valence-electron chi connectivity index (χ1n) is 6.70. The van der Waals surface area contributed by atoms with Crippen LogP contribution in [0.3, 0.4) is 0 Å². The molecule has 1 aliphatic rings. The Morgan fingerprint density at radius 1 is 1.26 bits per heavy atom. The lowest BCUT2D eigenvalue weighted by molar-refractivity contribution is -0.136. The first kappa shape index (κ1) is 16.3. The van der Waals surface area contributed by atoms with E-state index in [0.717, 1.165) is 0 Å². The maximum Gasteiger partial charge on any atom is 0.245 e. The molecule has 1 atom stereocenters. The minimum atomic E-state index is -0.430. The molecule has 0 spiro atoms. The summed E-state index contributed by atoms with van der Waals surface area (Å²) in [6.45, 7) is 11.4. The molecule has 0 aromatic carbocycles. The zero-order valence-corrected chi connectivity index (χ0v) is 13.7. The highest BCUT2D eigenvalue weighted by Gasteiger charge is 2.39. The molecule has 5 heteroatoms. The number of nitrogens with zero attached hydrogens (tertiary/aromatic N) is 1. The molecule has 1 fully saturated rings. The molecule has 1 rings (SSSR count). The third kappa shape index (κ3) is 4.41. The number of hydrogen-bond donors (Lipinski definition) is 1. The lowest BCUT2D eigenvalue weighted by atomic mass is 9.86. The van der Waals surface area contributed by atoms with Crippen molar-refractivity contribution in [1.82, 2.24) is 10.2 Å². The van der Waals surface area contributed by atoms with Gasteiger partial charge in [0.05, 0.1) is 0 Å². The predicted octanol–water partition coefficient (Wildman–Crippen LogP) is 1.89. The summed E-state index contributed by atoms with van der Waals surface area (Å²) in [7, 11) is 0. The normalized spacial score (nSPS) is 22.2. The molecule has 0 aliphatic carbocycles. The van der Waals surface area contributed by atoms with E-state index in [9.17, 15) is 9.59 Å². The van der Waals surface area contributed by atoms with Crippen LogP contribution in [0.15, 0.2) is 0 Å². The number of hydrogen-bond acceptors (Lipinski definition) is 3. The van der Waals surface area contributed by atoms with E-state index in [1.54, 1.807) is 11.8 Å². The van der Waals surface area contributed by atoms with Gasteiger partial charge in [0.2, 0.25) is 11.8 Å². The maximum absolute atomic E-state index is 12.6. The Balaban J connectivity index is 2.93. The van der Waals surface area contributed by atoms with Crippen molar-refractivity contribution < 1.29 is 9.59 Å². The van der Waals surface area contributed by atoms with Gasteiger partial charge in [-0.3, -0.25) is 9.59 Å². The second-order valence-corrected chi connectivity index (χ2v) is 8.35. The number of thioether (sulfide) groups is 1. The molecule has 1 saturated heterocycles. The van der Waals surface area contributed by atoms with E-state index in [2.05, 4.69) is 19.2 Å². The summed E-state index contributed by atoms with van der Waals surface area (Å²) in [6, 6.07) is -0.430. The molecular formula is C14H26N2O2S. The summed E-state index contributed by atoms with van der Waals surface area (Å²) in [5, 5.41) is 2.87. The summed E-state index contributed by atoms with van der Waals surface area (Å²) >= 11 is 1.74. The second kappa shape index (κ2) is 5.73. The second-order valence-electron chi connectivity index (χ2n) is 6.84. The van der Waals surface area contributed by atoms with Crippen molar-refractivity contribution in [3.63, 3.8) is 0 Å². The number of carbonyl (C=O) groups is 2. The van der Waals surface area contributed by atoms with Crippen LogP contribution in [-0.2, 0) is 9.59 Å². The molecular weight excluding hydrogens is 260 g/mol. The molecule has 19 heavy (non-hydrogen) atoms. The quantitative estimate of drug-likeness (QED) is 0.862. The number of nitrogens with one attached hydrogen (secondary N) is 1. The Bertz CT molecular complexity index is 361. The summed E-state index contributed by atoms with van der Waals surface area (Å²) in [6.07, 6.45) is 2.44. The monoisotopic (exact) mass is 286 g/mol. The van der Waals surface area contributed by atoms with E-state index < -0.39 is 6.04 Å². The largest absolute Gasteiger partial charge is 0.344 e. The fraction of sp³-hybridized carbons (Fsp3) is 0.857. The van der Waals surface area contributed by atoms with Crippen molar-refractivity contribution in [3.8, 4) is 0 Å². The smallest absolute Gasteiger partial charge is 0.245 e. The molecule has 1 N–H and O–H groups in total. The predicted molar refractivity (Wildman–Crippen MR) is 80.2 cm³/mol. The van der Waals surface area contributed by atoms with E-state index >= 15 is 0 Å². The van der Waals surface area contributed by atoms with Crippen molar-refractivity contribution in [2.75, 3.05) is 19.3 Å². The Kier molecular flexibility index (Phi) is 4.93. The fourth-order valence-corrected chi connectivity index (χ4v) is 2.38. The third-order valence-corrected chi connectivity index (χ3v) is 4.70. The highest BCUT2D eigenvalue weighted by atomic mass is 32.2. The maximum atomic E-state index is 12.6. The van der Waals surface area contributed by atoms with Crippen molar-refractivity contribution in [1.29, 1.82) is 0 Å². The van der Waals surface area contributed by atoms with E-state index in [1.807, 2.05) is 31.9 Å². The Morgan fingerprint density at radius 2 is 1.84 bits per heavy atom. The number of amides is 2. The average molecular weight is 286 g/mol. The SMILES string of the molecule is CSC(C)(C)CN1CCC(=O)NC(C(C)(C)C)C1=O. The highest BCUT2D eigenvalue weighted by Crippen LogP contribution is 2.27. The first-order valence-corrected chi connectivity index (χ1v) is 7.92. The van der Waals surface area contributed by atoms with Crippen molar-refractivity contribution >= 4 is 23.6 Å². The molecule has 0 bridgehead atoms. The van der Waals surface area contributed by atoms with Gasteiger partial charge in [-0.25, -0.2) is 0 Å². The van der Waals surface area contributed by atoms with Crippen LogP contribution in [0.1, 0.15) is 41.0 Å². The lowest BCUT2D eigenvalue weighted by Gasteiger charge is -2.35. The summed E-state index contributed by atoms with van der Waals surface area (Å²) < 4.78 is 0.00544. The van der Waals surface area contributed by atoms with Crippen LogP contribution < -0.4 is 5.32 Å². The number of rotatable bonds is 3. The van der Waals surface area contributed by atoms with Crippen LogP contribution in [-0.4, -0.2) is 46.8 Å². The van der Waals surface area contributed by atoms with Gasteiger partial charge in [-0.1, -0.05) is 20.8 Å². The zero-order chi connectivity index (χ0) is 14.8. The van der Waals surface area contributed by atoms with Crippen LogP contribution in [0.5, 0.6) is 0 Å². The van der Waals surface area contributed by atoms with Gasteiger partial charge in [-0.05, 0) is 25.5 Å². The average Bonchev–Trinajstić information content (AvgIpc) is 2.41. The summed E-state index contributed by atoms with van der Waals surface area (Å²) in [5.41, 5.74) is -0.265. The molecule has 1 aliphatic heterocycles. The number of carbonyl (C=O) groups excluding carboxylic acids is 2. The van der Waals surface area contributed by atoms with E-state index in [0.29, 0.717) is 19.5 Å². The standard InChI is InChI=1S/C14H26N2O2S/c1-13(2,3)11-12(18)16(8-7-10(17)15-11)9-14(4,5)19-6/h11H,7-9H2,1-6H3,(H,15,17). The Labute approximate surface area is 120 Å². The van der Waals surface area contributed by atoms with E-state index in [4.69, 9.17) is 0 Å². The van der Waals surface area contributed by atoms with Gasteiger partial charge in [-0.15, -0.1) is 0 Å². The van der Waals surface area contributed by atoms with Gasteiger partial charge in [-0.2, -0.15) is 11.8 Å². The van der Waals surface area contributed by atoms with Gasteiger partial charge >= 0.3 is 0 Å². The van der Waals surface area contributed by atoms with Crippen LogP contribution in [0.25, 0.3) is 0 Å². The molecule has 110 valence electrons. The van der Waals surface area contributed by atoms with E-state index in [1.165, 1.54) is 0 Å². The van der Waals surface area contributed by atoms with Crippen LogP contribution in [0.4, 0.5) is 0 Å². The molecule has 1 heterocycles. The van der Waals surface area contributed by atoms with Gasteiger partial charge in [0, 0.05) is 24.3 Å². The Morgan fingerprint density at radius 3 is 2.32 bits per heavy atom. The minimum Gasteiger partial charge on any atom is -0.344 e. The van der Waals surface area contributed by atoms with Gasteiger partial charge < -0.3 is 10.2 Å². The zero-order valence-electron chi connectivity index (χ0n) is 12.9. The minimum absolute atomic E-state index is 0.00544. The lowest BCUT2D eigenvalue weighted by Crippen LogP contribution is -2.53. The van der Waals surface area contributed by atoms with Crippen LogP contribution in [0.2, 0.25) is 0 Å². The first-order chi connectivity index (χ1) is 8.57. The topological polar surface area (TPSA) is 49.4 Å². The molecule has 1 unspecified atom stereocenters. The fourth-order valence-electron chi connectivity index (χ4n) is 2.09. The highest BCUT2D eigenvalue weighted by molar-refractivity contribution is 7.99.